The number of rotatable bonds is 2. The highest BCUT2D eigenvalue weighted by Crippen LogP contribution is 2.38. The first-order valence-electron chi connectivity index (χ1n) is 6.95. The van der Waals surface area contributed by atoms with Crippen LogP contribution in [-0.4, -0.2) is 28.8 Å². The maximum absolute atomic E-state index is 12.3. The van der Waals surface area contributed by atoms with E-state index in [2.05, 4.69) is 21.2 Å². The summed E-state index contributed by atoms with van der Waals surface area (Å²) in [4.78, 5) is 26.4. The van der Waals surface area contributed by atoms with E-state index in [-0.39, 0.29) is 18.4 Å². The fourth-order valence-electron chi connectivity index (χ4n) is 3.25. The molecule has 1 N–H and O–H groups in total. The number of nitrogens with one attached hydrogen (secondary N) is 1. The first kappa shape index (κ1) is 13.6. The lowest BCUT2D eigenvalue weighted by molar-refractivity contribution is -0.154. The number of carbonyl (C=O) groups is 2. The van der Waals surface area contributed by atoms with Crippen LogP contribution in [0, 0.1) is 0 Å². The molecule has 0 atom stereocenters. The predicted molar refractivity (Wildman–Crippen MR) is 78.9 cm³/mol. The summed E-state index contributed by atoms with van der Waals surface area (Å²) in [6, 6.07) is 7.91. The van der Waals surface area contributed by atoms with Gasteiger partial charge in [-0.1, -0.05) is 40.9 Å². The van der Waals surface area contributed by atoms with Gasteiger partial charge in [0.15, 0.2) is 0 Å². The largest absolute Gasteiger partial charge is 0.345 e. The zero-order valence-corrected chi connectivity index (χ0v) is 12.8. The molecule has 0 radical (unpaired) electrons. The molecular formula is C15H17BrN2O2. The lowest BCUT2D eigenvalue weighted by Crippen LogP contribution is -2.65. The van der Waals surface area contributed by atoms with Crippen LogP contribution in [0.2, 0.25) is 0 Å². The minimum atomic E-state index is -0.609. The van der Waals surface area contributed by atoms with Crippen molar-refractivity contribution in [3.8, 4) is 0 Å². The van der Waals surface area contributed by atoms with E-state index in [0.29, 0.717) is 6.54 Å². The molecule has 2 aliphatic rings. The van der Waals surface area contributed by atoms with Crippen molar-refractivity contribution in [3.05, 3.63) is 34.3 Å². The molecule has 5 heteroatoms. The normalized spacial score (nSPS) is 21.4. The van der Waals surface area contributed by atoms with Crippen LogP contribution in [0.1, 0.15) is 31.2 Å². The van der Waals surface area contributed by atoms with Gasteiger partial charge in [-0.15, -0.1) is 0 Å². The van der Waals surface area contributed by atoms with Crippen LogP contribution in [0.5, 0.6) is 0 Å². The highest BCUT2D eigenvalue weighted by Gasteiger charge is 2.50. The van der Waals surface area contributed by atoms with Gasteiger partial charge in [-0.05, 0) is 30.5 Å². The minimum Gasteiger partial charge on any atom is -0.345 e. The molecular weight excluding hydrogens is 320 g/mol. The van der Waals surface area contributed by atoms with E-state index >= 15 is 0 Å². The Labute approximate surface area is 126 Å². The molecule has 1 saturated carbocycles. The number of hydrogen-bond donors (Lipinski definition) is 1. The summed E-state index contributed by atoms with van der Waals surface area (Å²) in [6.45, 7) is 0.636. The zero-order valence-electron chi connectivity index (χ0n) is 11.2. The summed E-state index contributed by atoms with van der Waals surface area (Å²) in [5.41, 5.74) is 0.449. The van der Waals surface area contributed by atoms with Crippen LogP contribution in [0.15, 0.2) is 28.7 Å². The lowest BCUT2D eigenvalue weighted by Gasteiger charge is -2.43. The van der Waals surface area contributed by atoms with Crippen molar-refractivity contribution in [1.29, 1.82) is 0 Å². The molecule has 1 spiro atoms. The van der Waals surface area contributed by atoms with Crippen LogP contribution < -0.4 is 5.32 Å². The Morgan fingerprint density at radius 1 is 1.15 bits per heavy atom. The summed E-state index contributed by atoms with van der Waals surface area (Å²) in [7, 11) is 0. The van der Waals surface area contributed by atoms with Gasteiger partial charge in [0.05, 0.1) is 6.54 Å². The van der Waals surface area contributed by atoms with Crippen molar-refractivity contribution < 1.29 is 9.59 Å². The average molecular weight is 337 g/mol. The topological polar surface area (TPSA) is 49.4 Å². The molecule has 2 fully saturated rings. The molecule has 0 unspecified atom stereocenters. The molecule has 1 aliphatic heterocycles. The first-order valence-corrected chi connectivity index (χ1v) is 7.74. The second kappa shape index (κ2) is 5.20. The molecule has 106 valence electrons. The van der Waals surface area contributed by atoms with Crippen LogP contribution in [0.4, 0.5) is 0 Å². The number of amides is 2. The Morgan fingerprint density at radius 2 is 1.80 bits per heavy atom. The van der Waals surface area contributed by atoms with E-state index < -0.39 is 5.54 Å². The molecule has 0 aromatic heterocycles. The molecule has 0 bridgehead atoms. The molecule has 3 rings (SSSR count). The summed E-state index contributed by atoms with van der Waals surface area (Å²) < 4.78 is 1.01. The SMILES string of the molecule is O=C1CNC(=O)C2(CCCC2)N1Cc1ccc(Br)cc1. The Kier molecular flexibility index (Phi) is 3.54. The molecule has 1 aliphatic carbocycles. The molecule has 1 aromatic rings. The van der Waals surface area contributed by atoms with E-state index in [9.17, 15) is 9.59 Å². The van der Waals surface area contributed by atoms with Gasteiger partial charge in [-0.25, -0.2) is 0 Å². The van der Waals surface area contributed by atoms with Crippen LogP contribution in [0.25, 0.3) is 0 Å². The fourth-order valence-corrected chi connectivity index (χ4v) is 3.51. The Bertz CT molecular complexity index is 535. The van der Waals surface area contributed by atoms with Gasteiger partial charge < -0.3 is 10.2 Å². The van der Waals surface area contributed by atoms with Gasteiger partial charge in [-0.2, -0.15) is 0 Å². The van der Waals surface area contributed by atoms with Gasteiger partial charge in [0, 0.05) is 11.0 Å². The van der Waals surface area contributed by atoms with E-state index in [4.69, 9.17) is 0 Å². The van der Waals surface area contributed by atoms with Gasteiger partial charge in [0.1, 0.15) is 5.54 Å². The second-order valence-electron chi connectivity index (χ2n) is 5.53. The third-order valence-corrected chi connectivity index (χ3v) is 4.85. The molecule has 1 saturated heterocycles. The second-order valence-corrected chi connectivity index (χ2v) is 6.44. The highest BCUT2D eigenvalue weighted by molar-refractivity contribution is 9.10. The van der Waals surface area contributed by atoms with Gasteiger partial charge in [-0.3, -0.25) is 9.59 Å². The average Bonchev–Trinajstić information content (AvgIpc) is 2.92. The van der Waals surface area contributed by atoms with E-state index in [1.165, 1.54) is 0 Å². The number of benzene rings is 1. The smallest absolute Gasteiger partial charge is 0.246 e. The van der Waals surface area contributed by atoms with Gasteiger partial charge in [0.2, 0.25) is 11.8 Å². The van der Waals surface area contributed by atoms with E-state index in [1.807, 2.05) is 24.3 Å². The summed E-state index contributed by atoms with van der Waals surface area (Å²) in [5.74, 6) is 0.0427. The van der Waals surface area contributed by atoms with Crippen molar-refractivity contribution in [2.75, 3.05) is 6.54 Å². The molecule has 1 heterocycles. The fraction of sp³-hybridized carbons (Fsp3) is 0.467. The molecule has 20 heavy (non-hydrogen) atoms. The Morgan fingerprint density at radius 3 is 2.45 bits per heavy atom. The van der Waals surface area contributed by atoms with Gasteiger partial charge in [0.25, 0.3) is 0 Å². The first-order chi connectivity index (χ1) is 9.62. The number of carbonyl (C=O) groups excluding carboxylic acids is 2. The maximum atomic E-state index is 12.3. The number of piperazine rings is 1. The van der Waals surface area contributed by atoms with Crippen molar-refractivity contribution in [2.24, 2.45) is 0 Å². The third-order valence-electron chi connectivity index (χ3n) is 4.33. The molecule has 2 amide bonds. The van der Waals surface area contributed by atoms with E-state index in [1.54, 1.807) is 4.90 Å². The van der Waals surface area contributed by atoms with Crippen molar-refractivity contribution in [1.82, 2.24) is 10.2 Å². The highest BCUT2D eigenvalue weighted by atomic mass is 79.9. The standard InChI is InChI=1S/C15H17BrN2O2/c16-12-5-3-11(4-6-12)10-18-13(19)9-17-14(20)15(18)7-1-2-8-15/h3-6H,1-2,7-10H2,(H,17,20). The zero-order chi connectivity index (χ0) is 14.2. The van der Waals surface area contributed by atoms with E-state index in [0.717, 1.165) is 35.7 Å². The number of halogens is 1. The monoisotopic (exact) mass is 336 g/mol. The van der Waals surface area contributed by atoms with Crippen LogP contribution >= 0.6 is 15.9 Å². The van der Waals surface area contributed by atoms with Crippen molar-refractivity contribution in [2.45, 2.75) is 37.8 Å². The summed E-state index contributed by atoms with van der Waals surface area (Å²) >= 11 is 3.41. The number of nitrogens with zero attached hydrogens (tertiary/aromatic N) is 1. The Balaban J connectivity index is 1.89. The minimum absolute atomic E-state index is 0.0201. The van der Waals surface area contributed by atoms with Gasteiger partial charge >= 0.3 is 0 Å². The Hall–Kier alpha value is -1.36. The quantitative estimate of drug-likeness (QED) is 0.900. The predicted octanol–water partition coefficient (Wildman–Crippen LogP) is 2.22. The summed E-state index contributed by atoms with van der Waals surface area (Å²) in [5, 5.41) is 2.75. The van der Waals surface area contributed by atoms with Crippen molar-refractivity contribution in [3.63, 3.8) is 0 Å². The molecule has 1 aromatic carbocycles. The van der Waals surface area contributed by atoms with Crippen molar-refractivity contribution >= 4 is 27.7 Å². The number of hydrogen-bond acceptors (Lipinski definition) is 2. The summed E-state index contributed by atoms with van der Waals surface area (Å²) in [6.07, 6.45) is 3.58. The molecule has 4 nitrogen and oxygen atoms in total. The van der Waals surface area contributed by atoms with Crippen LogP contribution in [-0.2, 0) is 16.1 Å². The third kappa shape index (κ3) is 2.24. The van der Waals surface area contributed by atoms with Crippen LogP contribution in [0.3, 0.4) is 0 Å². The maximum Gasteiger partial charge on any atom is 0.246 e. The lowest BCUT2D eigenvalue weighted by atomic mass is 9.91.